The molecule has 88 valence electrons. The van der Waals surface area contributed by atoms with Gasteiger partial charge in [0, 0.05) is 11.4 Å². The SMILES string of the molecule is CC(NC(=O)C1CCCNC1)c1cccs1. The molecule has 0 saturated carbocycles. The predicted octanol–water partition coefficient (Wildman–Crippen LogP) is 1.92. The van der Waals surface area contributed by atoms with Crippen LogP contribution < -0.4 is 10.6 Å². The van der Waals surface area contributed by atoms with Gasteiger partial charge in [0.05, 0.1) is 12.0 Å². The number of nitrogens with one attached hydrogen (secondary N) is 2. The number of piperidine rings is 1. The Bertz CT molecular complexity index is 331. The first-order valence-corrected chi connectivity index (χ1v) is 6.70. The lowest BCUT2D eigenvalue weighted by Crippen LogP contribution is -2.41. The molecule has 3 nitrogen and oxygen atoms in total. The fraction of sp³-hybridized carbons (Fsp3) is 0.583. The van der Waals surface area contributed by atoms with E-state index in [1.165, 1.54) is 4.88 Å². The van der Waals surface area contributed by atoms with Gasteiger partial charge < -0.3 is 10.6 Å². The highest BCUT2D eigenvalue weighted by Crippen LogP contribution is 2.19. The van der Waals surface area contributed by atoms with Gasteiger partial charge in [0.1, 0.15) is 0 Å². The van der Waals surface area contributed by atoms with Crippen LogP contribution in [0.1, 0.15) is 30.7 Å². The van der Waals surface area contributed by atoms with Crippen molar-refractivity contribution in [2.24, 2.45) is 5.92 Å². The minimum atomic E-state index is 0.134. The van der Waals surface area contributed by atoms with E-state index in [2.05, 4.69) is 16.7 Å². The maximum atomic E-state index is 12.0. The van der Waals surface area contributed by atoms with Crippen LogP contribution in [0, 0.1) is 5.92 Å². The van der Waals surface area contributed by atoms with E-state index in [0.29, 0.717) is 0 Å². The fourth-order valence-corrected chi connectivity index (χ4v) is 2.75. The molecule has 1 aliphatic rings. The van der Waals surface area contributed by atoms with Gasteiger partial charge >= 0.3 is 0 Å². The van der Waals surface area contributed by atoms with Crippen molar-refractivity contribution in [3.05, 3.63) is 22.4 Å². The van der Waals surface area contributed by atoms with Crippen LogP contribution in [-0.4, -0.2) is 19.0 Å². The van der Waals surface area contributed by atoms with E-state index in [9.17, 15) is 4.79 Å². The van der Waals surface area contributed by atoms with Gasteiger partial charge in [-0.15, -0.1) is 11.3 Å². The van der Waals surface area contributed by atoms with Crippen molar-refractivity contribution in [3.63, 3.8) is 0 Å². The lowest BCUT2D eigenvalue weighted by molar-refractivity contribution is -0.126. The molecule has 2 heterocycles. The number of carbonyl (C=O) groups is 1. The molecule has 1 aliphatic heterocycles. The van der Waals surface area contributed by atoms with Crippen molar-refractivity contribution < 1.29 is 4.79 Å². The van der Waals surface area contributed by atoms with Crippen molar-refractivity contribution in [1.82, 2.24) is 10.6 Å². The highest BCUT2D eigenvalue weighted by atomic mass is 32.1. The maximum Gasteiger partial charge on any atom is 0.224 e. The van der Waals surface area contributed by atoms with E-state index in [1.807, 2.05) is 18.4 Å². The lowest BCUT2D eigenvalue weighted by Gasteiger charge is -2.23. The van der Waals surface area contributed by atoms with Gasteiger partial charge in [-0.3, -0.25) is 4.79 Å². The van der Waals surface area contributed by atoms with Crippen LogP contribution in [-0.2, 0) is 4.79 Å². The number of hydrogen-bond acceptors (Lipinski definition) is 3. The Hall–Kier alpha value is -0.870. The van der Waals surface area contributed by atoms with E-state index in [0.717, 1.165) is 25.9 Å². The fourth-order valence-electron chi connectivity index (χ4n) is 2.02. The monoisotopic (exact) mass is 238 g/mol. The summed E-state index contributed by atoms with van der Waals surface area (Å²) in [7, 11) is 0. The molecule has 0 aromatic carbocycles. The molecule has 2 atom stereocenters. The van der Waals surface area contributed by atoms with E-state index in [1.54, 1.807) is 11.3 Å². The molecule has 1 aromatic rings. The molecular weight excluding hydrogens is 220 g/mol. The zero-order valence-electron chi connectivity index (χ0n) is 9.53. The molecule has 0 aliphatic carbocycles. The molecule has 16 heavy (non-hydrogen) atoms. The number of hydrogen-bond donors (Lipinski definition) is 2. The number of carbonyl (C=O) groups excluding carboxylic acids is 1. The normalized spacial score (nSPS) is 22.7. The highest BCUT2D eigenvalue weighted by Gasteiger charge is 2.22. The Morgan fingerprint density at radius 2 is 2.56 bits per heavy atom. The Morgan fingerprint density at radius 1 is 1.69 bits per heavy atom. The molecule has 1 saturated heterocycles. The lowest BCUT2D eigenvalue weighted by atomic mass is 9.98. The Kier molecular flexibility index (Phi) is 3.96. The minimum absolute atomic E-state index is 0.134. The van der Waals surface area contributed by atoms with Crippen molar-refractivity contribution in [1.29, 1.82) is 0 Å². The summed E-state index contributed by atoms with van der Waals surface area (Å²) in [5.74, 6) is 0.337. The molecule has 2 unspecified atom stereocenters. The summed E-state index contributed by atoms with van der Waals surface area (Å²) >= 11 is 1.69. The van der Waals surface area contributed by atoms with Gasteiger partial charge in [-0.25, -0.2) is 0 Å². The van der Waals surface area contributed by atoms with Crippen molar-refractivity contribution in [3.8, 4) is 0 Å². The smallest absolute Gasteiger partial charge is 0.224 e. The molecular formula is C12H18N2OS. The van der Waals surface area contributed by atoms with Gasteiger partial charge in [0.25, 0.3) is 0 Å². The molecule has 4 heteroatoms. The summed E-state index contributed by atoms with van der Waals surface area (Å²) < 4.78 is 0. The van der Waals surface area contributed by atoms with Crippen molar-refractivity contribution in [2.75, 3.05) is 13.1 Å². The van der Waals surface area contributed by atoms with Gasteiger partial charge in [-0.1, -0.05) is 6.07 Å². The molecule has 1 aromatic heterocycles. The van der Waals surface area contributed by atoms with Gasteiger partial charge in [-0.05, 0) is 37.8 Å². The topological polar surface area (TPSA) is 41.1 Å². The summed E-state index contributed by atoms with van der Waals surface area (Å²) in [6, 6.07) is 4.22. The van der Waals surface area contributed by atoms with Crippen LogP contribution in [0.15, 0.2) is 17.5 Å². The summed E-state index contributed by atoms with van der Waals surface area (Å²) in [5.41, 5.74) is 0. The van der Waals surface area contributed by atoms with Crippen molar-refractivity contribution in [2.45, 2.75) is 25.8 Å². The van der Waals surface area contributed by atoms with Crippen LogP contribution in [0.25, 0.3) is 0 Å². The molecule has 0 radical (unpaired) electrons. The van der Waals surface area contributed by atoms with Gasteiger partial charge in [0.2, 0.25) is 5.91 Å². The predicted molar refractivity (Wildman–Crippen MR) is 66.5 cm³/mol. The molecule has 1 amide bonds. The Labute approximate surface area is 100 Å². The average molecular weight is 238 g/mol. The third-order valence-electron chi connectivity index (χ3n) is 3.00. The zero-order valence-corrected chi connectivity index (χ0v) is 10.3. The number of amides is 1. The van der Waals surface area contributed by atoms with Crippen LogP contribution in [0.3, 0.4) is 0 Å². The maximum absolute atomic E-state index is 12.0. The minimum Gasteiger partial charge on any atom is -0.348 e. The van der Waals surface area contributed by atoms with E-state index in [4.69, 9.17) is 0 Å². The van der Waals surface area contributed by atoms with E-state index >= 15 is 0 Å². The second-order valence-electron chi connectivity index (χ2n) is 4.29. The molecule has 1 fully saturated rings. The summed E-state index contributed by atoms with van der Waals surface area (Å²) in [6.07, 6.45) is 2.11. The second kappa shape index (κ2) is 5.46. The third-order valence-corrected chi connectivity index (χ3v) is 4.05. The highest BCUT2D eigenvalue weighted by molar-refractivity contribution is 7.10. The quantitative estimate of drug-likeness (QED) is 0.845. The first-order valence-electron chi connectivity index (χ1n) is 5.82. The summed E-state index contributed by atoms with van der Waals surface area (Å²) in [6.45, 7) is 3.91. The van der Waals surface area contributed by atoms with Gasteiger partial charge in [0.15, 0.2) is 0 Å². The average Bonchev–Trinajstić information content (AvgIpc) is 2.83. The number of thiophene rings is 1. The standard InChI is InChI=1S/C12H18N2OS/c1-9(11-5-3-7-16-11)14-12(15)10-4-2-6-13-8-10/h3,5,7,9-10,13H,2,4,6,8H2,1H3,(H,14,15). The van der Waals surface area contributed by atoms with Crippen LogP contribution in [0.5, 0.6) is 0 Å². The molecule has 2 rings (SSSR count). The van der Waals surface area contributed by atoms with Crippen LogP contribution >= 0.6 is 11.3 Å². The summed E-state index contributed by atoms with van der Waals surface area (Å²) in [4.78, 5) is 13.2. The van der Waals surface area contributed by atoms with Gasteiger partial charge in [-0.2, -0.15) is 0 Å². The van der Waals surface area contributed by atoms with Crippen LogP contribution in [0.4, 0.5) is 0 Å². The zero-order chi connectivity index (χ0) is 11.4. The second-order valence-corrected chi connectivity index (χ2v) is 5.27. The van der Waals surface area contributed by atoms with Crippen LogP contribution in [0.2, 0.25) is 0 Å². The Morgan fingerprint density at radius 3 is 3.19 bits per heavy atom. The number of rotatable bonds is 3. The van der Waals surface area contributed by atoms with E-state index in [-0.39, 0.29) is 17.9 Å². The van der Waals surface area contributed by atoms with Crippen molar-refractivity contribution >= 4 is 17.2 Å². The van der Waals surface area contributed by atoms with E-state index < -0.39 is 0 Å². The third kappa shape index (κ3) is 2.83. The first kappa shape index (κ1) is 11.6. The molecule has 0 bridgehead atoms. The molecule has 0 spiro atoms. The first-order chi connectivity index (χ1) is 7.77. The molecule has 2 N–H and O–H groups in total. The Balaban J connectivity index is 1.86. The largest absolute Gasteiger partial charge is 0.348 e. The summed E-state index contributed by atoms with van der Waals surface area (Å²) in [5, 5.41) is 8.39.